The van der Waals surface area contributed by atoms with Gasteiger partial charge in [0, 0.05) is 13.2 Å². The number of benzene rings is 1. The van der Waals surface area contributed by atoms with E-state index < -0.39 is 6.04 Å². The minimum atomic E-state index is -0.550. The second-order valence-corrected chi connectivity index (χ2v) is 3.37. The van der Waals surface area contributed by atoms with E-state index >= 15 is 0 Å². The number of carbonyl (C=O) groups is 1. The Morgan fingerprint density at radius 3 is 2.86 bits per heavy atom. The molecule has 72 valence electrons. The maximum Gasteiger partial charge on any atom is 0.247 e. The molecule has 3 nitrogen and oxygen atoms in total. The van der Waals surface area contributed by atoms with Gasteiger partial charge in [0.2, 0.25) is 5.91 Å². The van der Waals surface area contributed by atoms with Crippen LogP contribution in [0.1, 0.15) is 17.2 Å². The first kappa shape index (κ1) is 8.97. The van der Waals surface area contributed by atoms with E-state index in [9.17, 15) is 4.79 Å². The molecule has 0 fully saturated rings. The zero-order chi connectivity index (χ0) is 10.1. The molecule has 0 unspecified atom stereocenters. The quantitative estimate of drug-likeness (QED) is 0.663. The highest BCUT2D eigenvalue weighted by Gasteiger charge is 2.22. The van der Waals surface area contributed by atoms with Crippen LogP contribution in [-0.4, -0.2) is 17.9 Å². The van der Waals surface area contributed by atoms with E-state index in [0.717, 1.165) is 11.1 Å². The van der Waals surface area contributed by atoms with Crippen LogP contribution in [0.2, 0.25) is 0 Å². The molecule has 1 heterocycles. The molecule has 1 aromatic rings. The molecule has 0 saturated carbocycles. The zero-order valence-corrected chi connectivity index (χ0v) is 7.97. The van der Waals surface area contributed by atoms with E-state index in [-0.39, 0.29) is 5.91 Å². The molecule has 3 heteroatoms. The Morgan fingerprint density at radius 1 is 1.36 bits per heavy atom. The molecular weight excluding hydrogens is 176 g/mol. The first-order valence-electron chi connectivity index (χ1n) is 4.49. The van der Waals surface area contributed by atoms with Crippen LogP contribution in [0.5, 0.6) is 0 Å². The third-order valence-electron chi connectivity index (χ3n) is 2.42. The van der Waals surface area contributed by atoms with Crippen molar-refractivity contribution in [1.29, 1.82) is 0 Å². The summed E-state index contributed by atoms with van der Waals surface area (Å²) in [5.41, 5.74) is 7.75. The predicted molar refractivity (Wildman–Crippen MR) is 55.2 cm³/mol. The minimum Gasteiger partial charge on any atom is -0.320 e. The fourth-order valence-corrected chi connectivity index (χ4v) is 1.56. The number of carbonyl (C=O) groups excluding carboxylic acids is 1. The number of hydrogen-bond donors (Lipinski definition) is 1. The highest BCUT2D eigenvalue weighted by Crippen LogP contribution is 2.22. The Kier molecular flexibility index (Phi) is 2.09. The van der Waals surface area contributed by atoms with Crippen molar-refractivity contribution in [2.75, 3.05) is 7.05 Å². The predicted octanol–water partition coefficient (Wildman–Crippen LogP) is 1.13. The van der Waals surface area contributed by atoms with E-state index in [1.165, 1.54) is 4.90 Å². The molecule has 1 aliphatic heterocycles. The van der Waals surface area contributed by atoms with Gasteiger partial charge in [-0.1, -0.05) is 24.3 Å². The molecule has 0 radical (unpaired) electrons. The van der Waals surface area contributed by atoms with Crippen molar-refractivity contribution in [2.45, 2.75) is 6.04 Å². The Morgan fingerprint density at radius 2 is 2.07 bits per heavy atom. The monoisotopic (exact) mass is 188 g/mol. The highest BCUT2D eigenvalue weighted by molar-refractivity contribution is 5.87. The van der Waals surface area contributed by atoms with E-state index in [1.807, 2.05) is 30.3 Å². The number of hydrogen-bond acceptors (Lipinski definition) is 2. The van der Waals surface area contributed by atoms with Gasteiger partial charge in [-0.15, -0.1) is 0 Å². The van der Waals surface area contributed by atoms with Gasteiger partial charge in [-0.2, -0.15) is 0 Å². The molecule has 0 aliphatic carbocycles. The average molecular weight is 188 g/mol. The van der Waals surface area contributed by atoms with Crippen molar-refractivity contribution in [3.63, 3.8) is 0 Å². The Hall–Kier alpha value is -1.61. The highest BCUT2D eigenvalue weighted by atomic mass is 16.2. The lowest BCUT2D eigenvalue weighted by Gasteiger charge is -2.15. The maximum atomic E-state index is 11.7. The summed E-state index contributed by atoms with van der Waals surface area (Å²) in [4.78, 5) is 13.2. The largest absolute Gasteiger partial charge is 0.320 e. The number of amides is 1. The number of fused-ring (bicyclic) bond motifs is 1. The lowest BCUT2D eigenvalue weighted by molar-refractivity contribution is -0.128. The van der Waals surface area contributed by atoms with Crippen molar-refractivity contribution in [2.24, 2.45) is 5.73 Å². The van der Waals surface area contributed by atoms with Crippen LogP contribution in [0.15, 0.2) is 30.5 Å². The van der Waals surface area contributed by atoms with Crippen LogP contribution in [0, 0.1) is 0 Å². The van der Waals surface area contributed by atoms with Gasteiger partial charge in [0.15, 0.2) is 0 Å². The molecule has 1 aliphatic rings. The van der Waals surface area contributed by atoms with Crippen molar-refractivity contribution in [1.82, 2.24) is 4.90 Å². The smallest absolute Gasteiger partial charge is 0.247 e. The number of rotatable bonds is 0. The van der Waals surface area contributed by atoms with Crippen LogP contribution >= 0.6 is 0 Å². The molecule has 2 N–H and O–H groups in total. The molecule has 1 atom stereocenters. The number of likely N-dealkylation sites (N-methyl/N-ethyl adjacent to an activating group) is 1. The van der Waals surface area contributed by atoms with Crippen molar-refractivity contribution in [3.8, 4) is 0 Å². The normalized spacial score (nSPS) is 20.6. The Balaban J connectivity index is 2.54. The lowest BCUT2D eigenvalue weighted by atomic mass is 10.0. The maximum absolute atomic E-state index is 11.7. The summed E-state index contributed by atoms with van der Waals surface area (Å²) in [6.45, 7) is 0. The Labute approximate surface area is 82.8 Å². The standard InChI is InChI=1S/C11H12N2O/c1-13-7-6-8-4-2-3-5-9(8)10(12)11(13)14/h2-7,10H,12H2,1H3/t10-/m0/s1. The van der Waals surface area contributed by atoms with Gasteiger partial charge < -0.3 is 10.6 Å². The molecule has 0 saturated heterocycles. The molecular formula is C11H12N2O. The van der Waals surface area contributed by atoms with Gasteiger partial charge in [0.25, 0.3) is 0 Å². The van der Waals surface area contributed by atoms with Gasteiger partial charge in [0.05, 0.1) is 0 Å². The van der Waals surface area contributed by atoms with Crippen LogP contribution < -0.4 is 5.73 Å². The van der Waals surface area contributed by atoms with Crippen molar-refractivity contribution < 1.29 is 4.79 Å². The van der Waals surface area contributed by atoms with E-state index in [2.05, 4.69) is 0 Å². The van der Waals surface area contributed by atoms with Crippen molar-refractivity contribution in [3.05, 3.63) is 41.6 Å². The summed E-state index contributed by atoms with van der Waals surface area (Å²) in [5, 5.41) is 0. The van der Waals surface area contributed by atoms with E-state index in [0.29, 0.717) is 0 Å². The van der Waals surface area contributed by atoms with Crippen LogP contribution in [-0.2, 0) is 4.79 Å². The van der Waals surface area contributed by atoms with Gasteiger partial charge in [-0.25, -0.2) is 0 Å². The van der Waals surface area contributed by atoms with Crippen LogP contribution in [0.4, 0.5) is 0 Å². The zero-order valence-electron chi connectivity index (χ0n) is 7.97. The second-order valence-electron chi connectivity index (χ2n) is 3.37. The average Bonchev–Trinajstić information content (AvgIpc) is 2.32. The molecule has 1 amide bonds. The van der Waals surface area contributed by atoms with Gasteiger partial charge >= 0.3 is 0 Å². The molecule has 0 spiro atoms. The SMILES string of the molecule is CN1C=Cc2ccccc2[C@H](N)C1=O. The fraction of sp³-hybridized carbons (Fsp3) is 0.182. The lowest BCUT2D eigenvalue weighted by Crippen LogP contribution is -2.31. The molecule has 14 heavy (non-hydrogen) atoms. The van der Waals surface area contributed by atoms with Gasteiger partial charge in [-0.05, 0) is 17.2 Å². The summed E-state index contributed by atoms with van der Waals surface area (Å²) >= 11 is 0. The third kappa shape index (κ3) is 1.32. The fourth-order valence-electron chi connectivity index (χ4n) is 1.56. The van der Waals surface area contributed by atoms with Crippen LogP contribution in [0.3, 0.4) is 0 Å². The molecule has 2 rings (SSSR count). The van der Waals surface area contributed by atoms with E-state index in [1.54, 1.807) is 13.2 Å². The number of nitrogens with two attached hydrogens (primary N) is 1. The summed E-state index contributed by atoms with van der Waals surface area (Å²) in [6.07, 6.45) is 3.65. The summed E-state index contributed by atoms with van der Waals surface area (Å²) in [7, 11) is 1.71. The molecule has 0 bridgehead atoms. The second kappa shape index (κ2) is 3.27. The minimum absolute atomic E-state index is 0.0776. The van der Waals surface area contributed by atoms with E-state index in [4.69, 9.17) is 5.73 Å². The third-order valence-corrected chi connectivity index (χ3v) is 2.42. The number of nitrogens with zero attached hydrogens (tertiary/aromatic N) is 1. The first-order chi connectivity index (χ1) is 6.70. The molecule has 1 aromatic carbocycles. The summed E-state index contributed by atoms with van der Waals surface area (Å²) in [5.74, 6) is -0.0776. The summed E-state index contributed by atoms with van der Waals surface area (Å²) < 4.78 is 0. The summed E-state index contributed by atoms with van der Waals surface area (Å²) in [6, 6.07) is 7.13. The Bertz CT molecular complexity index is 398. The van der Waals surface area contributed by atoms with Crippen molar-refractivity contribution >= 4 is 12.0 Å². The van der Waals surface area contributed by atoms with Crippen LogP contribution in [0.25, 0.3) is 6.08 Å². The molecule has 0 aromatic heterocycles. The van der Waals surface area contributed by atoms with Gasteiger partial charge in [-0.3, -0.25) is 4.79 Å². The first-order valence-corrected chi connectivity index (χ1v) is 4.49. The topological polar surface area (TPSA) is 46.3 Å². The van der Waals surface area contributed by atoms with Gasteiger partial charge in [0.1, 0.15) is 6.04 Å².